The maximum absolute atomic E-state index is 6.15. The van der Waals surface area contributed by atoms with Crippen LogP contribution in [0.3, 0.4) is 0 Å². The number of hydrogen-bond donors (Lipinski definition) is 1. The number of rotatable bonds is 4. The molecule has 0 radical (unpaired) electrons. The third-order valence-corrected chi connectivity index (χ3v) is 3.82. The van der Waals surface area contributed by atoms with Crippen LogP contribution in [0.25, 0.3) is 0 Å². The third kappa shape index (κ3) is 2.31. The average molecular weight is 236 g/mol. The van der Waals surface area contributed by atoms with Crippen LogP contribution in [0, 0.1) is 6.92 Å². The van der Waals surface area contributed by atoms with Crippen LogP contribution < -0.4 is 5.73 Å². The fourth-order valence-electron chi connectivity index (χ4n) is 1.75. The summed E-state index contributed by atoms with van der Waals surface area (Å²) in [6, 6.07) is 2.12. The van der Waals surface area contributed by atoms with E-state index in [1.54, 1.807) is 11.3 Å². The Morgan fingerprint density at radius 2 is 2.38 bits per heavy atom. The molecule has 16 heavy (non-hydrogen) atoms. The molecule has 5 heteroatoms. The molecule has 2 aromatic rings. The summed E-state index contributed by atoms with van der Waals surface area (Å²) < 4.78 is 1.90. The Bertz CT molecular complexity index is 460. The van der Waals surface area contributed by atoms with Crippen LogP contribution in [0.2, 0.25) is 0 Å². The third-order valence-electron chi connectivity index (χ3n) is 2.75. The van der Waals surface area contributed by atoms with Crippen molar-refractivity contribution in [2.24, 2.45) is 12.8 Å². The van der Waals surface area contributed by atoms with E-state index in [1.165, 1.54) is 10.6 Å². The number of hydrogen-bond acceptors (Lipinski definition) is 4. The average Bonchev–Trinajstić information content (AvgIpc) is 2.84. The van der Waals surface area contributed by atoms with Gasteiger partial charge in [-0.2, -0.15) is 5.10 Å². The minimum atomic E-state index is 0.0856. The molecular formula is C11H16N4S. The molecule has 0 aliphatic heterocycles. The summed E-state index contributed by atoms with van der Waals surface area (Å²) >= 11 is 1.64. The van der Waals surface area contributed by atoms with Gasteiger partial charge in [-0.3, -0.25) is 4.68 Å². The highest BCUT2D eigenvalue weighted by molar-refractivity contribution is 7.09. The van der Waals surface area contributed by atoms with Gasteiger partial charge in [0.25, 0.3) is 0 Å². The fourth-order valence-corrected chi connectivity index (χ4v) is 2.59. The van der Waals surface area contributed by atoms with E-state index >= 15 is 0 Å². The summed E-state index contributed by atoms with van der Waals surface area (Å²) in [4.78, 5) is 5.42. The van der Waals surface area contributed by atoms with Gasteiger partial charge in [-0.15, -0.1) is 11.3 Å². The lowest BCUT2D eigenvalue weighted by molar-refractivity contribution is 0.617. The topological polar surface area (TPSA) is 56.7 Å². The highest BCUT2D eigenvalue weighted by Crippen LogP contribution is 2.23. The number of nitrogens with two attached hydrogens (primary N) is 1. The summed E-state index contributed by atoms with van der Waals surface area (Å²) in [5.41, 5.74) is 10.3. The Labute approximate surface area is 99.1 Å². The van der Waals surface area contributed by atoms with Gasteiger partial charge >= 0.3 is 0 Å². The zero-order valence-electron chi connectivity index (χ0n) is 9.55. The summed E-state index contributed by atoms with van der Waals surface area (Å²) in [5, 5.41) is 4.14. The first-order valence-electron chi connectivity index (χ1n) is 5.31. The van der Waals surface area contributed by atoms with Gasteiger partial charge in [0.2, 0.25) is 0 Å². The van der Waals surface area contributed by atoms with Crippen LogP contribution >= 0.6 is 11.3 Å². The Morgan fingerprint density at radius 1 is 1.56 bits per heavy atom. The van der Waals surface area contributed by atoms with Crippen LogP contribution in [0.4, 0.5) is 0 Å². The molecule has 0 fully saturated rings. The minimum absolute atomic E-state index is 0.0856. The zero-order valence-corrected chi connectivity index (χ0v) is 10.4. The molecule has 1 unspecified atom stereocenters. The van der Waals surface area contributed by atoms with Crippen LogP contribution in [-0.2, 0) is 13.5 Å². The van der Waals surface area contributed by atoms with Crippen molar-refractivity contribution in [1.29, 1.82) is 0 Å². The van der Waals surface area contributed by atoms with Gasteiger partial charge in [0.05, 0.1) is 11.2 Å². The highest BCUT2D eigenvalue weighted by Gasteiger charge is 2.12. The molecule has 2 rings (SSSR count). The van der Waals surface area contributed by atoms with Crippen LogP contribution in [0.15, 0.2) is 17.8 Å². The summed E-state index contributed by atoms with van der Waals surface area (Å²) in [7, 11) is 1.96. The van der Waals surface area contributed by atoms with Gasteiger partial charge in [0.1, 0.15) is 0 Å². The van der Waals surface area contributed by atoms with E-state index in [2.05, 4.69) is 10.1 Å². The fraction of sp³-hybridized carbons (Fsp3) is 0.455. The second-order valence-electron chi connectivity index (χ2n) is 3.89. The van der Waals surface area contributed by atoms with Crippen LogP contribution in [0.5, 0.6) is 0 Å². The molecule has 0 saturated carbocycles. The summed E-state index contributed by atoms with van der Waals surface area (Å²) in [6.07, 6.45) is 3.70. The van der Waals surface area contributed by atoms with Crippen molar-refractivity contribution < 1.29 is 0 Å². The molecule has 0 saturated heterocycles. The number of thiazole rings is 1. The van der Waals surface area contributed by atoms with Gasteiger partial charge in [-0.25, -0.2) is 4.98 Å². The standard InChI is InChI=1S/C11H16N4S/c1-8-11(16-7-13-8)10(12)4-3-9-5-6-14-15(9)2/h5-7,10H,3-4,12H2,1-2H3. The lowest BCUT2D eigenvalue weighted by Crippen LogP contribution is -2.12. The first kappa shape index (κ1) is 11.3. The van der Waals surface area contributed by atoms with E-state index in [0.717, 1.165) is 18.5 Å². The molecule has 0 amide bonds. The lowest BCUT2D eigenvalue weighted by atomic mass is 10.1. The second kappa shape index (κ2) is 4.76. The number of aryl methyl sites for hydroxylation is 3. The van der Waals surface area contributed by atoms with Crippen LogP contribution in [0.1, 0.15) is 28.7 Å². The molecular weight excluding hydrogens is 220 g/mol. The van der Waals surface area contributed by atoms with Crippen molar-refractivity contribution >= 4 is 11.3 Å². The quantitative estimate of drug-likeness (QED) is 0.881. The highest BCUT2D eigenvalue weighted by atomic mass is 32.1. The molecule has 0 aromatic carbocycles. The van der Waals surface area contributed by atoms with Crippen molar-refractivity contribution in [2.75, 3.05) is 0 Å². The van der Waals surface area contributed by atoms with Crippen molar-refractivity contribution in [3.63, 3.8) is 0 Å². The summed E-state index contributed by atoms with van der Waals surface area (Å²) in [6.45, 7) is 2.01. The Kier molecular flexibility index (Phi) is 3.36. The predicted octanol–water partition coefficient (Wildman–Crippen LogP) is 1.82. The van der Waals surface area contributed by atoms with E-state index in [9.17, 15) is 0 Å². The Hall–Kier alpha value is -1.20. The van der Waals surface area contributed by atoms with E-state index < -0.39 is 0 Å². The smallest absolute Gasteiger partial charge is 0.0798 e. The molecule has 86 valence electrons. The molecule has 1 atom stereocenters. The van der Waals surface area contributed by atoms with Crippen molar-refractivity contribution in [2.45, 2.75) is 25.8 Å². The Morgan fingerprint density at radius 3 is 2.94 bits per heavy atom. The van der Waals surface area contributed by atoms with Crippen LogP contribution in [-0.4, -0.2) is 14.8 Å². The maximum Gasteiger partial charge on any atom is 0.0798 e. The Balaban J connectivity index is 1.97. The molecule has 0 spiro atoms. The molecule has 0 aliphatic rings. The van der Waals surface area contributed by atoms with Gasteiger partial charge in [-0.05, 0) is 25.8 Å². The first-order chi connectivity index (χ1) is 7.68. The molecule has 2 N–H and O–H groups in total. The molecule has 0 aliphatic carbocycles. The van der Waals surface area contributed by atoms with Crippen molar-refractivity contribution in [1.82, 2.24) is 14.8 Å². The van der Waals surface area contributed by atoms with E-state index in [4.69, 9.17) is 5.73 Å². The maximum atomic E-state index is 6.15. The van der Waals surface area contributed by atoms with E-state index in [-0.39, 0.29) is 6.04 Å². The van der Waals surface area contributed by atoms with E-state index in [1.807, 2.05) is 36.4 Å². The van der Waals surface area contributed by atoms with Gasteiger partial charge in [0, 0.05) is 29.9 Å². The molecule has 0 bridgehead atoms. The molecule has 2 heterocycles. The second-order valence-corrected chi connectivity index (χ2v) is 4.78. The van der Waals surface area contributed by atoms with Gasteiger partial charge in [0.15, 0.2) is 0 Å². The lowest BCUT2D eigenvalue weighted by Gasteiger charge is -2.10. The van der Waals surface area contributed by atoms with Crippen molar-refractivity contribution in [3.05, 3.63) is 34.0 Å². The van der Waals surface area contributed by atoms with Crippen molar-refractivity contribution in [3.8, 4) is 0 Å². The largest absolute Gasteiger partial charge is 0.323 e. The number of aromatic nitrogens is 3. The van der Waals surface area contributed by atoms with Gasteiger partial charge < -0.3 is 5.73 Å². The zero-order chi connectivity index (χ0) is 11.5. The first-order valence-corrected chi connectivity index (χ1v) is 6.19. The van der Waals surface area contributed by atoms with E-state index in [0.29, 0.717) is 0 Å². The monoisotopic (exact) mass is 236 g/mol. The molecule has 4 nitrogen and oxygen atoms in total. The van der Waals surface area contributed by atoms with Gasteiger partial charge in [-0.1, -0.05) is 0 Å². The normalized spacial score (nSPS) is 12.9. The molecule has 2 aromatic heterocycles. The SMILES string of the molecule is Cc1ncsc1C(N)CCc1ccnn1C. The summed E-state index contributed by atoms with van der Waals surface area (Å²) in [5.74, 6) is 0. The number of nitrogens with zero attached hydrogens (tertiary/aromatic N) is 3. The predicted molar refractivity (Wildman–Crippen MR) is 65.3 cm³/mol. The minimum Gasteiger partial charge on any atom is -0.323 e.